The van der Waals surface area contributed by atoms with Crippen molar-refractivity contribution in [2.75, 3.05) is 19.5 Å². The second-order valence-electron chi connectivity index (χ2n) is 5.85. The molecule has 0 fully saturated rings. The summed E-state index contributed by atoms with van der Waals surface area (Å²) in [6, 6.07) is 15.3. The number of nitrogens with one attached hydrogen (secondary N) is 2. The first-order chi connectivity index (χ1) is 13.1. The van der Waals surface area contributed by atoms with Crippen LogP contribution >= 0.6 is 23.6 Å². The summed E-state index contributed by atoms with van der Waals surface area (Å²) in [6.45, 7) is 0. The van der Waals surface area contributed by atoms with Gasteiger partial charge < -0.3 is 20.1 Å². The molecule has 1 aliphatic heterocycles. The average Bonchev–Trinajstić information content (AvgIpc) is 3.04. The predicted molar refractivity (Wildman–Crippen MR) is 108 cm³/mol. The Morgan fingerprint density at radius 1 is 1.04 bits per heavy atom. The number of fused-ring (bicyclic) bond motifs is 1. The molecule has 2 N–H and O–H groups in total. The van der Waals surface area contributed by atoms with Crippen LogP contribution in [-0.4, -0.2) is 24.7 Å². The van der Waals surface area contributed by atoms with E-state index in [2.05, 4.69) is 10.6 Å². The lowest BCUT2D eigenvalue weighted by Crippen LogP contribution is -2.38. The molecule has 1 aliphatic rings. The van der Waals surface area contributed by atoms with Crippen molar-refractivity contribution < 1.29 is 14.3 Å². The van der Waals surface area contributed by atoms with Gasteiger partial charge in [0.2, 0.25) is 0 Å². The van der Waals surface area contributed by atoms with Crippen molar-refractivity contribution >= 4 is 35.3 Å². The van der Waals surface area contributed by atoms with Crippen molar-refractivity contribution in [2.45, 2.75) is 6.17 Å². The van der Waals surface area contributed by atoms with Crippen LogP contribution in [0.15, 0.2) is 48.5 Å². The molecule has 6 nitrogen and oxygen atoms in total. The van der Waals surface area contributed by atoms with Gasteiger partial charge in [-0.15, -0.1) is 0 Å². The van der Waals surface area contributed by atoms with Gasteiger partial charge >= 0.3 is 0 Å². The minimum atomic E-state index is -0.478. The Labute approximate surface area is 165 Å². The molecule has 138 valence electrons. The van der Waals surface area contributed by atoms with Gasteiger partial charge in [-0.3, -0.25) is 9.36 Å². The van der Waals surface area contributed by atoms with Gasteiger partial charge in [0.1, 0.15) is 16.9 Å². The zero-order valence-corrected chi connectivity index (χ0v) is 16.3. The van der Waals surface area contributed by atoms with Crippen molar-refractivity contribution in [3.63, 3.8) is 0 Å². The first kappa shape index (κ1) is 17.6. The van der Waals surface area contributed by atoms with Crippen molar-refractivity contribution in [3.8, 4) is 17.2 Å². The summed E-state index contributed by atoms with van der Waals surface area (Å²) in [7, 11) is 3.16. The van der Waals surface area contributed by atoms with E-state index in [-0.39, 0.29) is 5.91 Å². The highest BCUT2D eigenvalue weighted by atomic mass is 32.1. The van der Waals surface area contributed by atoms with Crippen LogP contribution in [0.4, 0.5) is 5.82 Å². The highest BCUT2D eigenvalue weighted by Crippen LogP contribution is 2.39. The number of rotatable bonds is 4. The molecular formula is C19H17N3O3S2. The highest BCUT2D eigenvalue weighted by Gasteiger charge is 2.31. The minimum absolute atomic E-state index is 0.176. The third kappa shape index (κ3) is 2.96. The second kappa shape index (κ2) is 7.05. The second-order valence-corrected chi connectivity index (χ2v) is 7.49. The zero-order chi connectivity index (χ0) is 19.0. The number of hydrogen-bond donors (Lipinski definition) is 2. The quantitative estimate of drug-likeness (QED) is 0.646. The Hall–Kier alpha value is -2.84. The maximum atomic E-state index is 12.7. The van der Waals surface area contributed by atoms with Crippen LogP contribution in [0.3, 0.4) is 0 Å². The van der Waals surface area contributed by atoms with Crippen molar-refractivity contribution in [1.82, 2.24) is 9.88 Å². The number of benzene rings is 2. The van der Waals surface area contributed by atoms with E-state index < -0.39 is 6.17 Å². The number of methoxy groups -OCH3 is 2. The van der Waals surface area contributed by atoms with Crippen LogP contribution in [0.5, 0.6) is 11.5 Å². The van der Waals surface area contributed by atoms with Gasteiger partial charge in [-0.05, 0) is 30.4 Å². The van der Waals surface area contributed by atoms with E-state index in [0.717, 1.165) is 11.3 Å². The monoisotopic (exact) mass is 399 g/mol. The molecule has 0 saturated carbocycles. The van der Waals surface area contributed by atoms with E-state index in [4.69, 9.17) is 21.7 Å². The first-order valence-corrected chi connectivity index (χ1v) is 9.46. The normalized spacial score (nSPS) is 15.5. The van der Waals surface area contributed by atoms with Crippen LogP contribution < -0.4 is 20.1 Å². The fraction of sp³-hybridized carbons (Fsp3) is 0.158. The van der Waals surface area contributed by atoms with Crippen LogP contribution in [0.2, 0.25) is 0 Å². The van der Waals surface area contributed by atoms with E-state index >= 15 is 0 Å². The Balaban J connectivity index is 1.83. The number of para-hydroxylation sites is 2. The fourth-order valence-corrected chi connectivity index (χ4v) is 4.44. The average molecular weight is 399 g/mol. The third-order valence-electron chi connectivity index (χ3n) is 4.33. The molecular weight excluding hydrogens is 382 g/mol. The van der Waals surface area contributed by atoms with Crippen LogP contribution in [0.1, 0.15) is 21.4 Å². The van der Waals surface area contributed by atoms with Crippen molar-refractivity contribution in [3.05, 3.63) is 62.9 Å². The Morgan fingerprint density at radius 2 is 1.81 bits per heavy atom. The third-order valence-corrected chi connectivity index (χ3v) is 5.70. The van der Waals surface area contributed by atoms with E-state index in [0.29, 0.717) is 26.1 Å². The number of hydrogen-bond acceptors (Lipinski definition) is 6. The number of carbonyl (C=O) groups is 1. The summed E-state index contributed by atoms with van der Waals surface area (Å²) < 4.78 is 13.4. The molecule has 1 atom stereocenters. The smallest absolute Gasteiger partial charge is 0.267 e. The lowest BCUT2D eigenvalue weighted by molar-refractivity contribution is 0.0939. The Morgan fingerprint density at radius 3 is 2.52 bits per heavy atom. The number of anilines is 1. The fourth-order valence-electron chi connectivity index (χ4n) is 3.13. The Kier molecular flexibility index (Phi) is 4.59. The van der Waals surface area contributed by atoms with E-state index in [1.54, 1.807) is 14.2 Å². The van der Waals surface area contributed by atoms with Crippen molar-refractivity contribution in [1.29, 1.82) is 0 Å². The number of carbonyl (C=O) groups excluding carboxylic acids is 1. The maximum Gasteiger partial charge on any atom is 0.267 e. The number of thiazole rings is 1. The van der Waals surface area contributed by atoms with Gasteiger partial charge in [0.05, 0.1) is 14.2 Å². The van der Waals surface area contributed by atoms with Gasteiger partial charge in [-0.2, -0.15) is 0 Å². The first-order valence-electron chi connectivity index (χ1n) is 8.23. The highest BCUT2D eigenvalue weighted by molar-refractivity contribution is 7.73. The van der Waals surface area contributed by atoms with Gasteiger partial charge in [-0.1, -0.05) is 41.7 Å². The Bertz CT molecular complexity index is 1060. The molecule has 0 saturated heterocycles. The van der Waals surface area contributed by atoms with Gasteiger partial charge in [0.25, 0.3) is 5.91 Å². The molecule has 3 aromatic rings. The molecule has 2 aromatic carbocycles. The molecule has 0 bridgehead atoms. The van der Waals surface area contributed by atoms with Gasteiger partial charge in [-0.25, -0.2) is 0 Å². The van der Waals surface area contributed by atoms with Gasteiger partial charge in [0, 0.05) is 11.3 Å². The minimum Gasteiger partial charge on any atom is -0.493 e. The SMILES string of the molecule is COc1cccc([C@H]2NC(=O)c3sc(=S)n(-c4ccccc4)c3N2)c1OC. The summed E-state index contributed by atoms with van der Waals surface area (Å²) in [5, 5.41) is 6.37. The summed E-state index contributed by atoms with van der Waals surface area (Å²) in [6.07, 6.45) is -0.478. The maximum absolute atomic E-state index is 12.7. The molecule has 2 heterocycles. The summed E-state index contributed by atoms with van der Waals surface area (Å²) >= 11 is 6.80. The topological polar surface area (TPSA) is 64.5 Å². The molecule has 27 heavy (non-hydrogen) atoms. The number of ether oxygens (including phenoxy) is 2. The molecule has 4 rings (SSSR count). The van der Waals surface area contributed by atoms with Crippen molar-refractivity contribution in [2.24, 2.45) is 0 Å². The summed E-state index contributed by atoms with van der Waals surface area (Å²) in [5.74, 6) is 1.67. The van der Waals surface area contributed by atoms with E-state index in [1.165, 1.54) is 11.3 Å². The molecule has 1 aromatic heterocycles. The number of nitrogens with zero attached hydrogens (tertiary/aromatic N) is 1. The molecule has 1 amide bonds. The number of amides is 1. The zero-order valence-electron chi connectivity index (χ0n) is 14.7. The lowest BCUT2D eigenvalue weighted by atomic mass is 10.1. The van der Waals surface area contributed by atoms with Crippen LogP contribution in [0.25, 0.3) is 5.69 Å². The largest absolute Gasteiger partial charge is 0.493 e. The van der Waals surface area contributed by atoms with Crippen LogP contribution in [-0.2, 0) is 0 Å². The summed E-state index contributed by atoms with van der Waals surface area (Å²) in [4.78, 5) is 13.3. The molecule has 8 heteroatoms. The molecule has 0 spiro atoms. The molecule has 0 aliphatic carbocycles. The van der Waals surface area contributed by atoms with E-state index in [9.17, 15) is 4.79 Å². The molecule has 0 radical (unpaired) electrons. The lowest BCUT2D eigenvalue weighted by Gasteiger charge is -2.28. The van der Waals surface area contributed by atoms with Gasteiger partial charge in [0.15, 0.2) is 15.5 Å². The number of aromatic nitrogens is 1. The van der Waals surface area contributed by atoms with E-state index in [1.807, 2.05) is 53.1 Å². The standard InChI is InChI=1S/C19H17N3O3S2/c1-24-13-10-6-9-12(14(13)25-2)16-20-17-15(18(23)21-16)27-19(26)22(17)11-7-4-3-5-8-11/h3-10,16,20H,1-2H3,(H,21,23)/t16-/m1/s1. The predicted octanol–water partition coefficient (Wildman–Crippen LogP) is 4.14. The summed E-state index contributed by atoms with van der Waals surface area (Å²) in [5.41, 5.74) is 1.67. The molecule has 0 unspecified atom stereocenters. The van der Waals surface area contributed by atoms with Crippen LogP contribution in [0, 0.1) is 3.95 Å².